The monoisotopic (exact) mass is 417 g/mol. The van der Waals surface area contributed by atoms with E-state index in [4.69, 9.17) is 4.74 Å². The van der Waals surface area contributed by atoms with Gasteiger partial charge in [0.1, 0.15) is 23.0 Å². The number of nitrogens with zero attached hydrogens (tertiary/aromatic N) is 1. The van der Waals surface area contributed by atoms with Gasteiger partial charge in [0, 0.05) is 5.56 Å². The first-order valence-electron chi connectivity index (χ1n) is 9.44. The van der Waals surface area contributed by atoms with E-state index in [2.05, 4.69) is 0 Å². The molecule has 0 bridgehead atoms. The molecular formula is C24H19NO6. The lowest BCUT2D eigenvalue weighted by molar-refractivity contribution is -0.132. The van der Waals surface area contributed by atoms with Gasteiger partial charge in [-0.05, 0) is 42.0 Å². The number of hydrogen-bond donors (Lipinski definition) is 3. The highest BCUT2D eigenvalue weighted by molar-refractivity contribution is 6.51. The second kappa shape index (κ2) is 7.87. The van der Waals surface area contributed by atoms with Crippen LogP contribution in [0.4, 0.5) is 5.69 Å². The van der Waals surface area contributed by atoms with Gasteiger partial charge < -0.3 is 20.1 Å². The SMILES string of the molecule is COc1cccc(/C(O)=C2/C(=O)C(=O)N(c3ccccc3O)C2c2cccc(O)c2)c1. The number of aliphatic hydroxyl groups is 1. The molecule has 4 rings (SSSR count). The number of phenols is 2. The number of aromatic hydroxyl groups is 2. The first-order valence-corrected chi connectivity index (χ1v) is 9.44. The minimum atomic E-state index is -1.06. The van der Waals surface area contributed by atoms with Crippen LogP contribution in [0.1, 0.15) is 17.2 Å². The zero-order chi connectivity index (χ0) is 22.1. The van der Waals surface area contributed by atoms with Gasteiger partial charge in [0.05, 0.1) is 24.4 Å². The third kappa shape index (κ3) is 3.46. The molecule has 1 aliphatic rings. The summed E-state index contributed by atoms with van der Waals surface area (Å²) < 4.78 is 5.19. The number of ketones is 1. The van der Waals surface area contributed by atoms with Crippen LogP contribution in [0, 0.1) is 0 Å². The summed E-state index contributed by atoms with van der Waals surface area (Å²) in [5, 5.41) is 31.4. The Morgan fingerprint density at radius 2 is 1.68 bits per heavy atom. The Balaban J connectivity index is 1.98. The van der Waals surface area contributed by atoms with Crippen molar-refractivity contribution in [1.29, 1.82) is 0 Å². The van der Waals surface area contributed by atoms with E-state index in [0.29, 0.717) is 16.9 Å². The Kier molecular flexibility index (Phi) is 5.09. The molecule has 1 amide bonds. The lowest BCUT2D eigenvalue weighted by atomic mass is 9.95. The number of aliphatic hydroxyl groups excluding tert-OH is 1. The van der Waals surface area contributed by atoms with Crippen molar-refractivity contribution >= 4 is 23.1 Å². The van der Waals surface area contributed by atoms with Crippen LogP contribution in [-0.2, 0) is 9.59 Å². The van der Waals surface area contributed by atoms with Crippen LogP contribution in [-0.4, -0.2) is 34.1 Å². The minimum absolute atomic E-state index is 0.0678. The number of para-hydroxylation sites is 2. The summed E-state index contributed by atoms with van der Waals surface area (Å²) in [6, 6.07) is 17.6. The van der Waals surface area contributed by atoms with Crippen LogP contribution >= 0.6 is 0 Å². The van der Waals surface area contributed by atoms with Crippen molar-refractivity contribution in [2.24, 2.45) is 0 Å². The van der Waals surface area contributed by atoms with E-state index in [9.17, 15) is 24.9 Å². The van der Waals surface area contributed by atoms with Crippen LogP contribution in [0.2, 0.25) is 0 Å². The van der Waals surface area contributed by atoms with Crippen molar-refractivity contribution in [2.75, 3.05) is 12.0 Å². The minimum Gasteiger partial charge on any atom is -0.508 e. The maximum absolute atomic E-state index is 13.1. The second-order valence-electron chi connectivity index (χ2n) is 6.98. The molecule has 3 aromatic carbocycles. The van der Waals surface area contributed by atoms with E-state index in [1.165, 1.54) is 31.4 Å². The third-order valence-corrected chi connectivity index (χ3v) is 5.11. The van der Waals surface area contributed by atoms with Gasteiger partial charge in [0.15, 0.2) is 0 Å². The van der Waals surface area contributed by atoms with Crippen molar-refractivity contribution in [3.05, 3.63) is 89.5 Å². The normalized spacial score (nSPS) is 17.7. The molecule has 1 aliphatic heterocycles. The number of anilines is 1. The predicted molar refractivity (Wildman–Crippen MR) is 114 cm³/mol. The van der Waals surface area contributed by atoms with Gasteiger partial charge >= 0.3 is 0 Å². The number of carbonyl (C=O) groups excluding carboxylic acids is 2. The highest BCUT2D eigenvalue weighted by Crippen LogP contribution is 2.45. The number of methoxy groups -OCH3 is 1. The largest absolute Gasteiger partial charge is 0.508 e. The quantitative estimate of drug-likeness (QED) is 0.339. The van der Waals surface area contributed by atoms with E-state index < -0.39 is 17.7 Å². The van der Waals surface area contributed by atoms with E-state index in [0.717, 1.165) is 4.90 Å². The summed E-state index contributed by atoms with van der Waals surface area (Å²) in [5.41, 5.74) is 0.640. The number of rotatable bonds is 4. The molecule has 1 unspecified atom stereocenters. The fourth-order valence-corrected chi connectivity index (χ4v) is 3.69. The number of phenolic OH excluding ortho intramolecular Hbond substituents is 2. The molecule has 0 aliphatic carbocycles. The Morgan fingerprint density at radius 1 is 0.935 bits per heavy atom. The van der Waals surface area contributed by atoms with E-state index in [1.807, 2.05) is 0 Å². The number of ether oxygens (including phenoxy) is 1. The zero-order valence-corrected chi connectivity index (χ0v) is 16.5. The maximum Gasteiger partial charge on any atom is 0.300 e. The van der Waals surface area contributed by atoms with E-state index in [1.54, 1.807) is 48.5 Å². The molecule has 1 fully saturated rings. The van der Waals surface area contributed by atoms with Crippen LogP contribution in [0.3, 0.4) is 0 Å². The molecule has 3 N–H and O–H groups in total. The van der Waals surface area contributed by atoms with Crippen molar-refractivity contribution in [2.45, 2.75) is 6.04 Å². The molecule has 7 heteroatoms. The maximum atomic E-state index is 13.1. The Morgan fingerprint density at radius 3 is 2.39 bits per heavy atom. The molecule has 156 valence electrons. The molecule has 1 saturated heterocycles. The fraction of sp³-hybridized carbons (Fsp3) is 0.0833. The van der Waals surface area contributed by atoms with Crippen molar-refractivity contribution in [3.63, 3.8) is 0 Å². The van der Waals surface area contributed by atoms with Crippen molar-refractivity contribution < 1.29 is 29.6 Å². The molecule has 1 heterocycles. The fourth-order valence-electron chi connectivity index (χ4n) is 3.69. The lowest BCUT2D eigenvalue weighted by Crippen LogP contribution is -2.29. The second-order valence-corrected chi connectivity index (χ2v) is 6.98. The average Bonchev–Trinajstić information content (AvgIpc) is 3.04. The van der Waals surface area contributed by atoms with Gasteiger partial charge in [0.25, 0.3) is 11.7 Å². The molecule has 0 saturated carbocycles. The molecule has 1 atom stereocenters. The van der Waals surface area contributed by atoms with Gasteiger partial charge in [-0.3, -0.25) is 14.5 Å². The van der Waals surface area contributed by atoms with Crippen LogP contribution < -0.4 is 9.64 Å². The van der Waals surface area contributed by atoms with Gasteiger partial charge in [-0.1, -0.05) is 36.4 Å². The smallest absolute Gasteiger partial charge is 0.300 e. The summed E-state index contributed by atoms with van der Waals surface area (Å²) >= 11 is 0. The Bertz CT molecular complexity index is 1220. The van der Waals surface area contributed by atoms with Crippen molar-refractivity contribution in [1.82, 2.24) is 0 Å². The van der Waals surface area contributed by atoms with Gasteiger partial charge in [0.2, 0.25) is 0 Å². The Hall–Kier alpha value is -4.26. The zero-order valence-electron chi connectivity index (χ0n) is 16.5. The molecule has 0 spiro atoms. The molecule has 0 radical (unpaired) electrons. The summed E-state index contributed by atoms with van der Waals surface area (Å²) in [7, 11) is 1.48. The molecular weight excluding hydrogens is 398 g/mol. The standard InChI is InChI=1S/C24H19NO6/c1-31-17-9-5-7-15(13-17)22(28)20-21(14-6-4-8-16(26)12-14)25(24(30)23(20)29)18-10-2-3-11-19(18)27/h2-13,21,26-28H,1H3/b22-20-. The van der Waals surface area contributed by atoms with Gasteiger partial charge in [-0.15, -0.1) is 0 Å². The molecule has 3 aromatic rings. The lowest BCUT2D eigenvalue weighted by Gasteiger charge is -2.26. The average molecular weight is 417 g/mol. The predicted octanol–water partition coefficient (Wildman–Crippen LogP) is 3.73. The van der Waals surface area contributed by atoms with Crippen LogP contribution in [0.15, 0.2) is 78.4 Å². The number of Topliss-reactive ketones (excluding diaryl/α,β-unsaturated/α-hetero) is 1. The summed E-state index contributed by atoms with van der Waals surface area (Å²) in [6.45, 7) is 0. The Labute approximate surface area is 178 Å². The summed E-state index contributed by atoms with van der Waals surface area (Å²) in [4.78, 5) is 27.2. The summed E-state index contributed by atoms with van der Waals surface area (Å²) in [6.07, 6.45) is 0. The highest BCUT2D eigenvalue weighted by atomic mass is 16.5. The van der Waals surface area contributed by atoms with Crippen LogP contribution in [0.25, 0.3) is 5.76 Å². The first-order chi connectivity index (χ1) is 14.9. The number of benzene rings is 3. The van der Waals surface area contributed by atoms with E-state index in [-0.39, 0.29) is 28.5 Å². The molecule has 7 nitrogen and oxygen atoms in total. The summed E-state index contributed by atoms with van der Waals surface area (Å²) in [5.74, 6) is -2.00. The first kappa shape index (κ1) is 20.0. The third-order valence-electron chi connectivity index (χ3n) is 5.11. The number of amides is 1. The highest BCUT2D eigenvalue weighted by Gasteiger charge is 2.47. The van der Waals surface area contributed by atoms with E-state index >= 15 is 0 Å². The molecule has 0 aromatic heterocycles. The molecule has 31 heavy (non-hydrogen) atoms. The number of hydrogen-bond acceptors (Lipinski definition) is 6. The topological polar surface area (TPSA) is 107 Å². The van der Waals surface area contributed by atoms with Gasteiger partial charge in [-0.25, -0.2) is 0 Å². The number of carbonyl (C=O) groups is 2. The van der Waals surface area contributed by atoms with Crippen LogP contribution in [0.5, 0.6) is 17.2 Å². The van der Waals surface area contributed by atoms with Crippen molar-refractivity contribution in [3.8, 4) is 17.2 Å². The van der Waals surface area contributed by atoms with Gasteiger partial charge in [-0.2, -0.15) is 0 Å².